The van der Waals surface area contributed by atoms with Crippen molar-refractivity contribution in [3.63, 3.8) is 0 Å². The van der Waals surface area contributed by atoms with E-state index in [0.717, 1.165) is 47.2 Å². The number of carbonyl (C=O) groups is 1. The molecule has 36 heavy (non-hydrogen) atoms. The van der Waals surface area contributed by atoms with Crippen LogP contribution >= 0.6 is 0 Å². The van der Waals surface area contributed by atoms with Gasteiger partial charge in [-0.05, 0) is 42.5 Å². The zero-order valence-corrected chi connectivity index (χ0v) is 19.1. The fraction of sp³-hybridized carbons (Fsp3) is 0.273. The molecule has 1 amide bonds. The molecule has 2 atom stereocenters. The van der Waals surface area contributed by atoms with Crippen LogP contribution in [0.1, 0.15) is 17.8 Å². The number of sulfonamides is 1. The molecule has 1 N–H and O–H groups in total. The molecule has 190 valence electrons. The van der Waals surface area contributed by atoms with Crippen LogP contribution in [0.25, 0.3) is 11.3 Å². The van der Waals surface area contributed by atoms with Crippen molar-refractivity contribution in [2.24, 2.45) is 0 Å². The third-order valence-corrected chi connectivity index (χ3v) is 7.33. The summed E-state index contributed by atoms with van der Waals surface area (Å²) in [4.78, 5) is 23.9. The first-order valence-corrected chi connectivity index (χ1v) is 11.9. The summed E-state index contributed by atoms with van der Waals surface area (Å²) in [5.41, 5.74) is -0.252. The molecule has 0 aliphatic carbocycles. The second-order valence-electron chi connectivity index (χ2n) is 7.92. The van der Waals surface area contributed by atoms with Gasteiger partial charge in [0.25, 0.3) is 0 Å². The summed E-state index contributed by atoms with van der Waals surface area (Å²) >= 11 is 0. The van der Waals surface area contributed by atoms with Gasteiger partial charge < -0.3 is 5.32 Å². The highest BCUT2D eigenvalue weighted by atomic mass is 32.2. The fourth-order valence-corrected chi connectivity index (χ4v) is 5.29. The summed E-state index contributed by atoms with van der Waals surface area (Å²) in [7, 11) is -4.27. The van der Waals surface area contributed by atoms with Gasteiger partial charge in [0.1, 0.15) is 30.1 Å². The maximum absolute atomic E-state index is 14.2. The number of amides is 1. The monoisotopic (exact) mass is 527 g/mol. The largest absolute Gasteiger partial charge is 0.433 e. The number of alkyl halides is 4. The number of aromatic nitrogens is 3. The van der Waals surface area contributed by atoms with E-state index in [0.29, 0.717) is 0 Å². The maximum Gasteiger partial charge on any atom is 0.433 e. The molecule has 2 unspecified atom stereocenters. The molecular formula is C22H18F5N5O3S. The normalized spacial score (nSPS) is 18.8. The molecule has 1 fully saturated rings. The van der Waals surface area contributed by atoms with E-state index in [1.165, 1.54) is 12.1 Å². The smallest absolute Gasteiger partial charge is 0.349 e. The highest BCUT2D eigenvalue weighted by Gasteiger charge is 2.44. The Morgan fingerprint density at radius 3 is 2.44 bits per heavy atom. The first kappa shape index (κ1) is 25.6. The van der Waals surface area contributed by atoms with E-state index >= 15 is 0 Å². The maximum atomic E-state index is 14.2. The molecular weight excluding hydrogens is 509 g/mol. The molecule has 1 aromatic carbocycles. The number of rotatable bonds is 6. The van der Waals surface area contributed by atoms with Crippen LogP contribution < -0.4 is 5.32 Å². The summed E-state index contributed by atoms with van der Waals surface area (Å²) in [6.45, 7) is -0.712. The van der Waals surface area contributed by atoms with Crippen molar-refractivity contribution in [2.45, 2.75) is 36.3 Å². The summed E-state index contributed by atoms with van der Waals surface area (Å²) in [5, 5.41) is 2.51. The van der Waals surface area contributed by atoms with Crippen molar-refractivity contribution in [2.75, 3.05) is 6.54 Å². The molecule has 0 bridgehead atoms. The molecule has 1 saturated heterocycles. The Balaban J connectivity index is 1.46. The fourth-order valence-electron chi connectivity index (χ4n) is 3.66. The number of hydrogen-bond acceptors (Lipinski definition) is 6. The van der Waals surface area contributed by atoms with E-state index in [1.54, 1.807) is 0 Å². The van der Waals surface area contributed by atoms with Crippen LogP contribution in [0, 0.1) is 5.82 Å². The number of pyridine rings is 1. The lowest BCUT2D eigenvalue weighted by Crippen LogP contribution is -2.45. The van der Waals surface area contributed by atoms with Gasteiger partial charge in [0.15, 0.2) is 0 Å². The summed E-state index contributed by atoms with van der Waals surface area (Å²) in [5.74, 6) is -1.42. The molecule has 1 aliphatic heterocycles. The Kier molecular flexibility index (Phi) is 7.00. The Morgan fingerprint density at radius 2 is 1.81 bits per heavy atom. The van der Waals surface area contributed by atoms with Crippen molar-refractivity contribution in [3.8, 4) is 11.3 Å². The number of nitrogens with zero attached hydrogens (tertiary/aromatic N) is 4. The third-order valence-electron chi connectivity index (χ3n) is 5.44. The quantitative estimate of drug-likeness (QED) is 0.494. The molecule has 0 radical (unpaired) electrons. The SMILES string of the molecule is O=C(NCc1cc(-c2ccc(C(F)(F)F)nc2)ncn1)C1CC(F)CN1S(=O)(=O)c1ccc(F)cc1. The van der Waals surface area contributed by atoms with Crippen molar-refractivity contribution in [1.82, 2.24) is 24.6 Å². The lowest BCUT2D eigenvalue weighted by atomic mass is 10.1. The molecule has 2 aromatic heterocycles. The zero-order chi connectivity index (χ0) is 26.1. The van der Waals surface area contributed by atoms with Gasteiger partial charge in [-0.1, -0.05) is 0 Å². The minimum Gasteiger partial charge on any atom is -0.349 e. The minimum absolute atomic E-state index is 0.180. The molecule has 1 aliphatic rings. The highest BCUT2D eigenvalue weighted by Crippen LogP contribution is 2.29. The van der Waals surface area contributed by atoms with Crippen molar-refractivity contribution in [3.05, 3.63) is 72.2 Å². The molecule has 4 rings (SSSR count). The standard InChI is InChI=1S/C22H18F5N5O3S/c23-14-2-4-17(5-3-14)36(34,35)32-11-15(24)7-19(32)21(33)29-10-16-8-18(31-12-30-16)13-1-6-20(28-9-13)22(25,26)27/h1-6,8-9,12,15,19H,7,10-11H2,(H,29,33). The predicted octanol–water partition coefficient (Wildman–Crippen LogP) is 3.11. The van der Waals surface area contributed by atoms with E-state index in [4.69, 9.17) is 0 Å². The van der Waals surface area contributed by atoms with Gasteiger partial charge in [0.2, 0.25) is 15.9 Å². The van der Waals surface area contributed by atoms with Gasteiger partial charge in [-0.25, -0.2) is 27.2 Å². The number of carbonyl (C=O) groups excluding carboxylic acids is 1. The van der Waals surface area contributed by atoms with Crippen LogP contribution in [-0.4, -0.2) is 52.3 Å². The van der Waals surface area contributed by atoms with Crippen LogP contribution in [0.15, 0.2) is 59.9 Å². The zero-order valence-electron chi connectivity index (χ0n) is 18.3. The average Bonchev–Trinajstić information content (AvgIpc) is 3.25. The molecule has 0 spiro atoms. The van der Waals surface area contributed by atoms with E-state index in [-0.39, 0.29) is 34.8 Å². The summed E-state index contributed by atoms with van der Waals surface area (Å²) in [6, 6.07) is 6.04. The Morgan fingerprint density at radius 1 is 1.08 bits per heavy atom. The number of benzene rings is 1. The summed E-state index contributed by atoms with van der Waals surface area (Å²) < 4.78 is 92.1. The molecule has 14 heteroatoms. The van der Waals surface area contributed by atoms with Crippen LogP contribution in [0.2, 0.25) is 0 Å². The van der Waals surface area contributed by atoms with Crippen LogP contribution in [-0.2, 0) is 27.5 Å². The lowest BCUT2D eigenvalue weighted by molar-refractivity contribution is -0.141. The minimum atomic E-state index is -4.59. The molecule has 0 saturated carbocycles. The van der Waals surface area contributed by atoms with Crippen molar-refractivity contribution in [1.29, 1.82) is 0 Å². The lowest BCUT2D eigenvalue weighted by Gasteiger charge is -2.23. The van der Waals surface area contributed by atoms with Gasteiger partial charge in [-0.3, -0.25) is 9.78 Å². The predicted molar refractivity (Wildman–Crippen MR) is 116 cm³/mol. The Labute approximate surface area is 202 Å². The molecule has 3 heterocycles. The topological polar surface area (TPSA) is 105 Å². The number of halogens is 5. The first-order valence-electron chi connectivity index (χ1n) is 10.5. The second kappa shape index (κ2) is 9.85. The third kappa shape index (κ3) is 5.49. The van der Waals surface area contributed by atoms with Crippen LogP contribution in [0.3, 0.4) is 0 Å². The van der Waals surface area contributed by atoms with E-state index < -0.39 is 52.4 Å². The van der Waals surface area contributed by atoms with E-state index in [2.05, 4.69) is 20.3 Å². The highest BCUT2D eigenvalue weighted by molar-refractivity contribution is 7.89. The summed E-state index contributed by atoms with van der Waals surface area (Å²) in [6.07, 6.45) is -4.37. The van der Waals surface area contributed by atoms with Gasteiger partial charge in [0.05, 0.1) is 22.8 Å². The van der Waals surface area contributed by atoms with Crippen molar-refractivity contribution >= 4 is 15.9 Å². The number of nitrogens with one attached hydrogen (secondary N) is 1. The Bertz CT molecular complexity index is 1350. The van der Waals surface area contributed by atoms with Crippen LogP contribution in [0.5, 0.6) is 0 Å². The molecule has 8 nitrogen and oxygen atoms in total. The number of hydrogen-bond donors (Lipinski definition) is 1. The molecule has 3 aromatic rings. The first-order chi connectivity index (χ1) is 16.9. The van der Waals surface area contributed by atoms with E-state index in [1.807, 2.05) is 0 Å². The van der Waals surface area contributed by atoms with Gasteiger partial charge in [-0.15, -0.1) is 0 Å². The van der Waals surface area contributed by atoms with Gasteiger partial charge >= 0.3 is 6.18 Å². The van der Waals surface area contributed by atoms with Gasteiger partial charge in [-0.2, -0.15) is 17.5 Å². The van der Waals surface area contributed by atoms with Crippen LogP contribution in [0.4, 0.5) is 22.0 Å². The van der Waals surface area contributed by atoms with Gasteiger partial charge in [0, 0.05) is 24.7 Å². The van der Waals surface area contributed by atoms with Crippen molar-refractivity contribution < 1.29 is 35.2 Å². The second-order valence-corrected chi connectivity index (χ2v) is 9.81. The Hall–Kier alpha value is -3.52. The van der Waals surface area contributed by atoms with E-state index in [9.17, 15) is 35.2 Å². The average molecular weight is 527 g/mol.